The Bertz CT molecular complexity index is 417. The number of rotatable bonds is 9. The van der Waals surface area contributed by atoms with Gasteiger partial charge in [-0.1, -0.05) is 39.0 Å². The first-order valence-electron chi connectivity index (χ1n) is 7.51. The molecule has 0 saturated carbocycles. The summed E-state index contributed by atoms with van der Waals surface area (Å²) in [6.45, 7) is 3.08. The number of ether oxygens (including phenoxy) is 3. The second-order valence-electron chi connectivity index (χ2n) is 5.09. The van der Waals surface area contributed by atoms with Gasteiger partial charge >= 0.3 is 0 Å². The van der Waals surface area contributed by atoms with Crippen LogP contribution in [0.2, 0.25) is 0 Å². The summed E-state index contributed by atoms with van der Waals surface area (Å²) >= 11 is 0. The third kappa shape index (κ3) is 4.04. The van der Waals surface area contributed by atoms with Gasteiger partial charge in [0.15, 0.2) is 11.5 Å². The molecule has 0 aromatic heterocycles. The molecule has 1 aliphatic rings. The molecule has 20 heavy (non-hydrogen) atoms. The maximum atomic E-state index is 9.37. The molecular formula is C16H24O4. The average molecular weight is 280 g/mol. The van der Waals surface area contributed by atoms with Crippen molar-refractivity contribution in [2.45, 2.75) is 52.1 Å². The van der Waals surface area contributed by atoms with Crippen LogP contribution in [0.1, 0.15) is 51.0 Å². The average Bonchev–Trinajstić information content (AvgIpc) is 2.92. The standard InChI is InChI=1S/C16H24O4/c1-2-3-4-5-6-7-8-18-14-10-16-15(19-12-20-16)9-13(14)11-17/h9-10,17H,2-8,11-12H2,1H3. The van der Waals surface area contributed by atoms with Crippen molar-refractivity contribution >= 4 is 0 Å². The molecule has 0 amide bonds. The zero-order chi connectivity index (χ0) is 14.2. The number of hydrogen-bond donors (Lipinski definition) is 1. The van der Waals surface area contributed by atoms with E-state index in [0.29, 0.717) is 23.9 Å². The number of aliphatic hydroxyl groups is 1. The minimum absolute atomic E-state index is 0.0531. The molecule has 1 heterocycles. The van der Waals surface area contributed by atoms with Crippen LogP contribution in [0.15, 0.2) is 12.1 Å². The van der Waals surface area contributed by atoms with Gasteiger partial charge < -0.3 is 19.3 Å². The summed E-state index contributed by atoms with van der Waals surface area (Å²) in [5.41, 5.74) is 0.750. The Kier molecular flexibility index (Phi) is 5.99. The van der Waals surface area contributed by atoms with Crippen molar-refractivity contribution in [2.24, 2.45) is 0 Å². The quantitative estimate of drug-likeness (QED) is 0.701. The second-order valence-corrected chi connectivity index (χ2v) is 5.09. The molecule has 1 aromatic rings. The molecule has 4 heteroatoms. The van der Waals surface area contributed by atoms with E-state index in [0.717, 1.165) is 12.0 Å². The maximum Gasteiger partial charge on any atom is 0.231 e. The van der Waals surface area contributed by atoms with Gasteiger partial charge in [0.25, 0.3) is 0 Å². The van der Waals surface area contributed by atoms with Crippen molar-refractivity contribution < 1.29 is 19.3 Å². The van der Waals surface area contributed by atoms with E-state index < -0.39 is 0 Å². The van der Waals surface area contributed by atoms with Crippen LogP contribution in [0.4, 0.5) is 0 Å². The Labute approximate surface area is 120 Å². The van der Waals surface area contributed by atoms with E-state index in [1.54, 1.807) is 6.07 Å². The largest absolute Gasteiger partial charge is 0.493 e. The van der Waals surface area contributed by atoms with E-state index in [-0.39, 0.29) is 13.4 Å². The summed E-state index contributed by atoms with van der Waals surface area (Å²) < 4.78 is 16.4. The van der Waals surface area contributed by atoms with Gasteiger partial charge in [0, 0.05) is 11.6 Å². The smallest absolute Gasteiger partial charge is 0.231 e. The molecule has 0 atom stereocenters. The minimum atomic E-state index is -0.0531. The van der Waals surface area contributed by atoms with Crippen LogP contribution in [0.3, 0.4) is 0 Å². The molecule has 1 N–H and O–H groups in total. The fourth-order valence-corrected chi connectivity index (χ4v) is 2.29. The number of fused-ring (bicyclic) bond motifs is 1. The minimum Gasteiger partial charge on any atom is -0.493 e. The number of hydrogen-bond acceptors (Lipinski definition) is 4. The van der Waals surface area contributed by atoms with Gasteiger partial charge in [0.1, 0.15) is 5.75 Å². The normalized spacial score (nSPS) is 12.7. The van der Waals surface area contributed by atoms with Crippen molar-refractivity contribution in [3.05, 3.63) is 17.7 Å². The number of unbranched alkanes of at least 4 members (excludes halogenated alkanes) is 5. The lowest BCUT2D eigenvalue weighted by molar-refractivity contribution is 0.173. The molecule has 0 radical (unpaired) electrons. The summed E-state index contributed by atoms with van der Waals surface area (Å²) in [5, 5.41) is 9.37. The molecular weight excluding hydrogens is 256 g/mol. The van der Waals surface area contributed by atoms with E-state index in [4.69, 9.17) is 14.2 Å². The van der Waals surface area contributed by atoms with E-state index in [1.165, 1.54) is 32.1 Å². The topological polar surface area (TPSA) is 47.9 Å². The molecule has 0 bridgehead atoms. The van der Waals surface area contributed by atoms with Crippen LogP contribution >= 0.6 is 0 Å². The summed E-state index contributed by atoms with van der Waals surface area (Å²) in [4.78, 5) is 0. The monoisotopic (exact) mass is 280 g/mol. The van der Waals surface area contributed by atoms with Gasteiger partial charge in [-0.15, -0.1) is 0 Å². The van der Waals surface area contributed by atoms with E-state index in [9.17, 15) is 5.11 Å². The third-order valence-electron chi connectivity index (χ3n) is 3.48. The lowest BCUT2D eigenvalue weighted by atomic mass is 10.1. The summed E-state index contributed by atoms with van der Waals surface area (Å²) in [5.74, 6) is 2.08. The Morgan fingerprint density at radius 3 is 2.50 bits per heavy atom. The van der Waals surface area contributed by atoms with Gasteiger partial charge in [-0.25, -0.2) is 0 Å². The molecule has 0 aliphatic carbocycles. The highest BCUT2D eigenvalue weighted by atomic mass is 16.7. The first kappa shape index (κ1) is 15.0. The van der Waals surface area contributed by atoms with Gasteiger partial charge in [-0.3, -0.25) is 0 Å². The number of benzene rings is 1. The first-order chi connectivity index (χ1) is 9.85. The van der Waals surface area contributed by atoms with Gasteiger partial charge in [0.2, 0.25) is 6.79 Å². The van der Waals surface area contributed by atoms with Gasteiger partial charge in [0.05, 0.1) is 13.2 Å². The van der Waals surface area contributed by atoms with Crippen molar-refractivity contribution in [1.82, 2.24) is 0 Å². The molecule has 1 aliphatic heterocycles. The lowest BCUT2D eigenvalue weighted by Crippen LogP contribution is -2.00. The van der Waals surface area contributed by atoms with Crippen LogP contribution in [-0.2, 0) is 6.61 Å². The van der Waals surface area contributed by atoms with Crippen molar-refractivity contribution in [2.75, 3.05) is 13.4 Å². The molecule has 2 rings (SSSR count). The molecule has 0 spiro atoms. The highest BCUT2D eigenvalue weighted by Gasteiger charge is 2.17. The fourth-order valence-electron chi connectivity index (χ4n) is 2.29. The third-order valence-corrected chi connectivity index (χ3v) is 3.48. The Balaban J connectivity index is 1.77. The Morgan fingerprint density at radius 1 is 1.05 bits per heavy atom. The van der Waals surface area contributed by atoms with Crippen molar-refractivity contribution in [3.8, 4) is 17.2 Å². The van der Waals surface area contributed by atoms with Gasteiger partial charge in [-0.05, 0) is 12.5 Å². The van der Waals surface area contributed by atoms with Crippen LogP contribution in [0.5, 0.6) is 17.2 Å². The van der Waals surface area contributed by atoms with E-state index >= 15 is 0 Å². The SMILES string of the molecule is CCCCCCCCOc1cc2c(cc1CO)OCO2. The second kappa shape index (κ2) is 8.00. The molecule has 0 fully saturated rings. The molecule has 112 valence electrons. The molecule has 0 saturated heterocycles. The van der Waals surface area contributed by atoms with Crippen LogP contribution in [-0.4, -0.2) is 18.5 Å². The highest BCUT2D eigenvalue weighted by Crippen LogP contribution is 2.38. The van der Waals surface area contributed by atoms with E-state index in [2.05, 4.69) is 6.92 Å². The predicted octanol–water partition coefficient (Wildman–Crippen LogP) is 3.65. The van der Waals surface area contributed by atoms with Crippen LogP contribution in [0.25, 0.3) is 0 Å². The van der Waals surface area contributed by atoms with Crippen LogP contribution in [0, 0.1) is 0 Å². The Hall–Kier alpha value is -1.42. The van der Waals surface area contributed by atoms with Gasteiger partial charge in [-0.2, -0.15) is 0 Å². The van der Waals surface area contributed by atoms with Crippen molar-refractivity contribution in [3.63, 3.8) is 0 Å². The molecule has 0 unspecified atom stereocenters. The summed E-state index contributed by atoms with van der Waals surface area (Å²) in [7, 11) is 0. The summed E-state index contributed by atoms with van der Waals surface area (Å²) in [6.07, 6.45) is 7.40. The zero-order valence-corrected chi connectivity index (χ0v) is 12.2. The fraction of sp³-hybridized carbons (Fsp3) is 0.625. The van der Waals surface area contributed by atoms with Crippen LogP contribution < -0.4 is 14.2 Å². The predicted molar refractivity (Wildman–Crippen MR) is 77.4 cm³/mol. The lowest BCUT2D eigenvalue weighted by Gasteiger charge is -2.11. The zero-order valence-electron chi connectivity index (χ0n) is 12.2. The molecule has 4 nitrogen and oxygen atoms in total. The number of aliphatic hydroxyl groups excluding tert-OH is 1. The summed E-state index contributed by atoms with van der Waals surface area (Å²) in [6, 6.07) is 3.60. The maximum absolute atomic E-state index is 9.37. The highest BCUT2D eigenvalue weighted by molar-refractivity contribution is 5.51. The Morgan fingerprint density at radius 2 is 1.75 bits per heavy atom. The van der Waals surface area contributed by atoms with E-state index in [1.807, 2.05) is 6.07 Å². The molecule has 1 aromatic carbocycles. The first-order valence-corrected chi connectivity index (χ1v) is 7.51. The van der Waals surface area contributed by atoms with Crippen molar-refractivity contribution in [1.29, 1.82) is 0 Å².